The third kappa shape index (κ3) is 6.94. The summed E-state index contributed by atoms with van der Waals surface area (Å²) in [6, 6.07) is 7.19. The van der Waals surface area contributed by atoms with Crippen molar-refractivity contribution in [3.05, 3.63) is 29.8 Å². The van der Waals surface area contributed by atoms with Gasteiger partial charge in [0.1, 0.15) is 0 Å². The van der Waals surface area contributed by atoms with E-state index in [4.69, 9.17) is 5.73 Å². The summed E-state index contributed by atoms with van der Waals surface area (Å²) in [5, 5.41) is 2.96. The molecule has 1 aromatic carbocycles. The number of hydrogen-bond acceptors (Lipinski definition) is 3. The Morgan fingerprint density at radius 3 is 2.23 bits per heavy atom. The van der Waals surface area contributed by atoms with E-state index in [1.165, 1.54) is 25.7 Å². The van der Waals surface area contributed by atoms with Crippen LogP contribution in [0.4, 0.5) is 5.69 Å². The summed E-state index contributed by atoms with van der Waals surface area (Å²) < 4.78 is 0. The molecule has 1 aromatic rings. The standard InChI is InChI=1S/C18H31N3O/c1-3-5-13-21(14-6-4-2)15-9-12-20-18(22)16-10-7-8-11-17(16)19/h7-8,10-11H,3-6,9,12-15,19H2,1-2H3,(H,20,22). The molecular formula is C18H31N3O. The van der Waals surface area contributed by atoms with Gasteiger partial charge in [0.05, 0.1) is 5.56 Å². The number of nitrogens with zero attached hydrogens (tertiary/aromatic N) is 1. The van der Waals surface area contributed by atoms with Crippen molar-refractivity contribution in [3.63, 3.8) is 0 Å². The summed E-state index contributed by atoms with van der Waals surface area (Å²) in [5.74, 6) is -0.0771. The highest BCUT2D eigenvalue weighted by Crippen LogP contribution is 2.09. The van der Waals surface area contributed by atoms with Crippen LogP contribution in [-0.4, -0.2) is 37.0 Å². The minimum atomic E-state index is -0.0771. The molecule has 0 unspecified atom stereocenters. The van der Waals surface area contributed by atoms with Gasteiger partial charge in [-0.15, -0.1) is 0 Å². The van der Waals surface area contributed by atoms with Crippen LogP contribution in [0.15, 0.2) is 24.3 Å². The van der Waals surface area contributed by atoms with Gasteiger partial charge in [0.15, 0.2) is 0 Å². The number of rotatable bonds is 11. The fourth-order valence-corrected chi connectivity index (χ4v) is 2.40. The van der Waals surface area contributed by atoms with Crippen LogP contribution in [0, 0.1) is 0 Å². The van der Waals surface area contributed by atoms with Crippen molar-refractivity contribution < 1.29 is 4.79 Å². The molecule has 0 bridgehead atoms. The fourth-order valence-electron chi connectivity index (χ4n) is 2.40. The average molecular weight is 305 g/mol. The topological polar surface area (TPSA) is 58.4 Å². The number of hydrogen-bond donors (Lipinski definition) is 2. The van der Waals surface area contributed by atoms with Crippen LogP contribution in [0.3, 0.4) is 0 Å². The molecule has 0 aliphatic rings. The molecule has 0 aliphatic heterocycles. The molecule has 22 heavy (non-hydrogen) atoms. The van der Waals surface area contributed by atoms with Gasteiger partial charge >= 0.3 is 0 Å². The van der Waals surface area contributed by atoms with Gasteiger partial charge in [-0.2, -0.15) is 0 Å². The molecule has 0 aliphatic carbocycles. The fraction of sp³-hybridized carbons (Fsp3) is 0.611. The normalized spacial score (nSPS) is 10.9. The molecule has 3 N–H and O–H groups in total. The van der Waals surface area contributed by atoms with Gasteiger partial charge in [0.25, 0.3) is 5.91 Å². The number of nitrogen functional groups attached to an aromatic ring is 1. The lowest BCUT2D eigenvalue weighted by atomic mass is 10.1. The minimum absolute atomic E-state index is 0.0771. The number of unbranched alkanes of at least 4 members (excludes halogenated alkanes) is 2. The smallest absolute Gasteiger partial charge is 0.253 e. The SMILES string of the molecule is CCCCN(CCCC)CCCNC(=O)c1ccccc1N. The predicted molar refractivity (Wildman–Crippen MR) is 94.1 cm³/mol. The molecule has 4 heteroatoms. The van der Waals surface area contributed by atoms with Crippen LogP contribution in [0.1, 0.15) is 56.3 Å². The van der Waals surface area contributed by atoms with Gasteiger partial charge in [-0.05, 0) is 51.0 Å². The lowest BCUT2D eigenvalue weighted by Gasteiger charge is -2.21. The Morgan fingerprint density at radius 1 is 1.05 bits per heavy atom. The molecule has 0 saturated heterocycles. The largest absolute Gasteiger partial charge is 0.398 e. The van der Waals surface area contributed by atoms with E-state index >= 15 is 0 Å². The van der Waals surface area contributed by atoms with Gasteiger partial charge in [0, 0.05) is 12.2 Å². The highest BCUT2D eigenvalue weighted by atomic mass is 16.1. The highest BCUT2D eigenvalue weighted by Gasteiger charge is 2.08. The Kier molecular flexibility index (Phi) is 9.31. The summed E-state index contributed by atoms with van der Waals surface area (Å²) >= 11 is 0. The summed E-state index contributed by atoms with van der Waals surface area (Å²) in [6.45, 7) is 8.52. The zero-order valence-corrected chi connectivity index (χ0v) is 14.1. The summed E-state index contributed by atoms with van der Waals surface area (Å²) in [5.41, 5.74) is 6.92. The van der Waals surface area contributed by atoms with Crippen molar-refractivity contribution in [2.45, 2.75) is 46.0 Å². The van der Waals surface area contributed by atoms with Crippen LogP contribution in [0.25, 0.3) is 0 Å². The number of nitrogens with one attached hydrogen (secondary N) is 1. The summed E-state index contributed by atoms with van der Waals surface area (Å²) in [7, 11) is 0. The first-order valence-electron chi connectivity index (χ1n) is 8.54. The first kappa shape index (κ1) is 18.5. The van der Waals surface area contributed by atoms with E-state index in [1.807, 2.05) is 12.1 Å². The Balaban J connectivity index is 2.29. The lowest BCUT2D eigenvalue weighted by molar-refractivity contribution is 0.0952. The molecular weight excluding hydrogens is 274 g/mol. The predicted octanol–water partition coefficient (Wildman–Crippen LogP) is 3.29. The van der Waals surface area contributed by atoms with Crippen molar-refractivity contribution in [2.24, 2.45) is 0 Å². The Bertz CT molecular complexity index is 426. The van der Waals surface area contributed by atoms with E-state index in [1.54, 1.807) is 12.1 Å². The van der Waals surface area contributed by atoms with E-state index < -0.39 is 0 Å². The maximum Gasteiger partial charge on any atom is 0.253 e. The second kappa shape index (κ2) is 11.1. The minimum Gasteiger partial charge on any atom is -0.398 e. The number of para-hydroxylation sites is 1. The van der Waals surface area contributed by atoms with E-state index in [-0.39, 0.29) is 5.91 Å². The average Bonchev–Trinajstić information content (AvgIpc) is 2.53. The maximum atomic E-state index is 12.0. The van der Waals surface area contributed by atoms with Crippen molar-refractivity contribution in [2.75, 3.05) is 31.9 Å². The van der Waals surface area contributed by atoms with Crippen molar-refractivity contribution in [1.82, 2.24) is 10.2 Å². The van der Waals surface area contributed by atoms with E-state index in [0.717, 1.165) is 26.1 Å². The van der Waals surface area contributed by atoms with Crippen LogP contribution in [-0.2, 0) is 0 Å². The highest BCUT2D eigenvalue weighted by molar-refractivity contribution is 5.98. The maximum absolute atomic E-state index is 12.0. The van der Waals surface area contributed by atoms with Crippen LogP contribution in [0.5, 0.6) is 0 Å². The first-order valence-corrected chi connectivity index (χ1v) is 8.54. The van der Waals surface area contributed by atoms with Crippen LogP contribution in [0.2, 0.25) is 0 Å². The number of amides is 1. The van der Waals surface area contributed by atoms with E-state index in [0.29, 0.717) is 17.8 Å². The zero-order chi connectivity index (χ0) is 16.2. The molecule has 0 saturated carbocycles. The summed E-state index contributed by atoms with van der Waals surface area (Å²) in [6.07, 6.45) is 5.93. The van der Waals surface area contributed by atoms with Crippen LogP contribution >= 0.6 is 0 Å². The number of carbonyl (C=O) groups excluding carboxylic acids is 1. The van der Waals surface area contributed by atoms with Crippen LogP contribution < -0.4 is 11.1 Å². The van der Waals surface area contributed by atoms with E-state index in [9.17, 15) is 4.79 Å². The van der Waals surface area contributed by atoms with Gasteiger partial charge in [0.2, 0.25) is 0 Å². The Hall–Kier alpha value is -1.55. The molecule has 0 heterocycles. The summed E-state index contributed by atoms with van der Waals surface area (Å²) in [4.78, 5) is 14.6. The molecule has 0 aromatic heterocycles. The molecule has 4 nitrogen and oxygen atoms in total. The zero-order valence-electron chi connectivity index (χ0n) is 14.1. The van der Waals surface area contributed by atoms with Gasteiger partial charge < -0.3 is 16.0 Å². The van der Waals surface area contributed by atoms with E-state index in [2.05, 4.69) is 24.1 Å². The third-order valence-electron chi connectivity index (χ3n) is 3.80. The lowest BCUT2D eigenvalue weighted by Crippen LogP contribution is -2.31. The molecule has 0 spiro atoms. The number of anilines is 1. The molecule has 124 valence electrons. The quantitative estimate of drug-likeness (QED) is 0.487. The number of carbonyl (C=O) groups is 1. The third-order valence-corrected chi connectivity index (χ3v) is 3.80. The second-order valence-electron chi connectivity index (χ2n) is 5.75. The molecule has 0 atom stereocenters. The van der Waals surface area contributed by atoms with Crippen molar-refractivity contribution in [3.8, 4) is 0 Å². The second-order valence-corrected chi connectivity index (χ2v) is 5.75. The first-order chi connectivity index (χ1) is 10.7. The number of benzene rings is 1. The molecule has 1 amide bonds. The van der Waals surface area contributed by atoms with Gasteiger partial charge in [-0.3, -0.25) is 4.79 Å². The Labute approximate surface area is 135 Å². The van der Waals surface area contributed by atoms with Gasteiger partial charge in [-0.25, -0.2) is 0 Å². The molecule has 1 rings (SSSR count). The van der Waals surface area contributed by atoms with Crippen molar-refractivity contribution >= 4 is 11.6 Å². The molecule has 0 fully saturated rings. The number of nitrogens with two attached hydrogens (primary N) is 1. The van der Waals surface area contributed by atoms with Crippen molar-refractivity contribution in [1.29, 1.82) is 0 Å². The monoisotopic (exact) mass is 305 g/mol. The molecule has 0 radical (unpaired) electrons. The Morgan fingerprint density at radius 2 is 1.64 bits per heavy atom. The van der Waals surface area contributed by atoms with Gasteiger partial charge in [-0.1, -0.05) is 38.8 Å².